The van der Waals surface area contributed by atoms with Gasteiger partial charge in [-0.25, -0.2) is 0 Å². The Balaban J connectivity index is 2.40. The first kappa shape index (κ1) is 15.3. The molecule has 0 nitrogen and oxygen atoms in total. The highest BCUT2D eigenvalue weighted by Gasteiger charge is 2.13. The predicted octanol–water partition coefficient (Wildman–Crippen LogP) is 6.15. The van der Waals surface area contributed by atoms with Crippen molar-refractivity contribution in [1.82, 2.24) is 0 Å². The predicted molar refractivity (Wildman–Crippen MR) is 94.5 cm³/mol. The quantitative estimate of drug-likeness (QED) is 0.628. The molecule has 0 bridgehead atoms. The molecule has 2 aromatic rings. The van der Waals surface area contributed by atoms with Crippen LogP contribution in [0.4, 0.5) is 0 Å². The molecule has 21 heavy (non-hydrogen) atoms. The third-order valence-electron chi connectivity index (χ3n) is 4.19. The lowest BCUT2D eigenvalue weighted by atomic mass is 9.86. The Kier molecular flexibility index (Phi) is 4.80. The van der Waals surface area contributed by atoms with E-state index in [1.165, 1.54) is 33.4 Å². The molecule has 0 radical (unpaired) electrons. The largest absolute Gasteiger partial charge is 0.0985 e. The van der Waals surface area contributed by atoms with Gasteiger partial charge in [0.15, 0.2) is 0 Å². The first-order valence-electron chi connectivity index (χ1n) is 7.53. The molecule has 0 aromatic heterocycles. The molecule has 2 rings (SSSR count). The summed E-state index contributed by atoms with van der Waals surface area (Å²) in [6.07, 6.45) is 4.16. The van der Waals surface area contributed by atoms with Crippen LogP contribution in [-0.4, -0.2) is 0 Å². The minimum Gasteiger partial charge on any atom is -0.0985 e. The first-order valence-corrected chi connectivity index (χ1v) is 7.53. The van der Waals surface area contributed by atoms with Crippen LogP contribution in [0.3, 0.4) is 0 Å². The molecule has 108 valence electrons. The maximum atomic E-state index is 3.91. The zero-order chi connectivity index (χ0) is 15.4. The summed E-state index contributed by atoms with van der Waals surface area (Å²) in [5.74, 6) is 0.385. The zero-order valence-corrected chi connectivity index (χ0v) is 13.5. The summed E-state index contributed by atoms with van der Waals surface area (Å²) in [7, 11) is 0. The van der Waals surface area contributed by atoms with Gasteiger partial charge in [-0.1, -0.05) is 67.6 Å². The van der Waals surface area contributed by atoms with E-state index in [1.54, 1.807) is 0 Å². The van der Waals surface area contributed by atoms with Crippen LogP contribution in [0, 0.1) is 13.8 Å². The summed E-state index contributed by atoms with van der Waals surface area (Å²) < 4.78 is 0. The number of benzene rings is 2. The van der Waals surface area contributed by atoms with Crippen molar-refractivity contribution in [2.24, 2.45) is 0 Å². The van der Waals surface area contributed by atoms with Crippen molar-refractivity contribution in [2.75, 3.05) is 0 Å². The molecule has 0 heterocycles. The molecule has 1 atom stereocenters. The minimum absolute atomic E-state index is 0.385. The van der Waals surface area contributed by atoms with Gasteiger partial charge in [-0.3, -0.25) is 0 Å². The normalized spacial score (nSPS) is 13.0. The van der Waals surface area contributed by atoms with E-state index in [0.717, 1.165) is 0 Å². The van der Waals surface area contributed by atoms with Gasteiger partial charge in [-0.2, -0.15) is 0 Å². The number of rotatable bonds is 4. The van der Waals surface area contributed by atoms with Crippen LogP contribution in [0.2, 0.25) is 0 Å². The third-order valence-corrected chi connectivity index (χ3v) is 4.19. The van der Waals surface area contributed by atoms with Crippen molar-refractivity contribution in [3.63, 3.8) is 0 Å². The second-order valence-electron chi connectivity index (χ2n) is 5.65. The SMILES string of the molecule is C=Cc1cc(C(=CC)C(C)c2ccc(C)cc2)ccc1C. The van der Waals surface area contributed by atoms with E-state index in [2.05, 4.69) is 82.8 Å². The summed E-state index contributed by atoms with van der Waals surface area (Å²) in [6, 6.07) is 15.5. The molecule has 0 fully saturated rings. The van der Waals surface area contributed by atoms with Crippen LogP contribution < -0.4 is 0 Å². The number of aryl methyl sites for hydroxylation is 2. The van der Waals surface area contributed by atoms with Crippen LogP contribution >= 0.6 is 0 Å². The maximum absolute atomic E-state index is 3.91. The summed E-state index contributed by atoms with van der Waals surface area (Å²) >= 11 is 0. The highest BCUT2D eigenvalue weighted by molar-refractivity contribution is 5.73. The molecule has 2 aromatic carbocycles. The van der Waals surface area contributed by atoms with Crippen molar-refractivity contribution in [3.05, 3.63) is 82.9 Å². The second kappa shape index (κ2) is 6.58. The lowest BCUT2D eigenvalue weighted by Gasteiger charge is -2.18. The van der Waals surface area contributed by atoms with Gasteiger partial charge in [0, 0.05) is 5.92 Å². The van der Waals surface area contributed by atoms with Crippen LogP contribution in [-0.2, 0) is 0 Å². The Morgan fingerprint density at radius 1 is 1.05 bits per heavy atom. The smallest absolute Gasteiger partial charge is 0.00636 e. The van der Waals surface area contributed by atoms with Gasteiger partial charge in [0.2, 0.25) is 0 Å². The van der Waals surface area contributed by atoms with E-state index in [-0.39, 0.29) is 0 Å². The fraction of sp³-hybridized carbons (Fsp3) is 0.238. The Labute approximate surface area is 128 Å². The fourth-order valence-electron chi connectivity index (χ4n) is 2.74. The van der Waals surface area contributed by atoms with E-state index < -0.39 is 0 Å². The third kappa shape index (κ3) is 3.33. The second-order valence-corrected chi connectivity index (χ2v) is 5.65. The highest BCUT2D eigenvalue weighted by atomic mass is 14.2. The van der Waals surface area contributed by atoms with Crippen LogP contribution in [0.15, 0.2) is 55.1 Å². The van der Waals surface area contributed by atoms with Crippen molar-refractivity contribution in [3.8, 4) is 0 Å². The first-order chi connectivity index (χ1) is 10.1. The Hall–Kier alpha value is -2.08. The Morgan fingerprint density at radius 2 is 1.71 bits per heavy atom. The molecule has 0 heteroatoms. The van der Waals surface area contributed by atoms with E-state index >= 15 is 0 Å². The van der Waals surface area contributed by atoms with Gasteiger partial charge in [0.25, 0.3) is 0 Å². The number of hydrogen-bond donors (Lipinski definition) is 0. The summed E-state index contributed by atoms with van der Waals surface area (Å²) in [5, 5.41) is 0. The van der Waals surface area contributed by atoms with Gasteiger partial charge in [0.1, 0.15) is 0 Å². The highest BCUT2D eigenvalue weighted by Crippen LogP contribution is 2.32. The van der Waals surface area contributed by atoms with Crippen molar-refractivity contribution in [2.45, 2.75) is 33.6 Å². The lowest BCUT2D eigenvalue weighted by Crippen LogP contribution is -1.99. The van der Waals surface area contributed by atoms with Gasteiger partial charge < -0.3 is 0 Å². The van der Waals surface area contributed by atoms with E-state index in [4.69, 9.17) is 0 Å². The molecule has 0 aliphatic rings. The molecule has 0 N–H and O–H groups in total. The zero-order valence-electron chi connectivity index (χ0n) is 13.5. The average Bonchev–Trinajstić information content (AvgIpc) is 2.50. The van der Waals surface area contributed by atoms with E-state index in [0.29, 0.717) is 5.92 Å². The topological polar surface area (TPSA) is 0 Å². The number of allylic oxidation sites excluding steroid dienone is 2. The molecule has 0 amide bonds. The molecular weight excluding hydrogens is 252 g/mol. The van der Waals surface area contributed by atoms with Crippen molar-refractivity contribution < 1.29 is 0 Å². The molecule has 0 aliphatic heterocycles. The molecule has 0 saturated heterocycles. The van der Waals surface area contributed by atoms with Gasteiger partial charge in [0.05, 0.1) is 0 Å². The summed E-state index contributed by atoms with van der Waals surface area (Å²) in [4.78, 5) is 0. The van der Waals surface area contributed by atoms with Crippen LogP contribution in [0.5, 0.6) is 0 Å². The van der Waals surface area contributed by atoms with Crippen molar-refractivity contribution >= 4 is 11.6 Å². The van der Waals surface area contributed by atoms with Crippen LogP contribution in [0.1, 0.15) is 47.6 Å². The number of hydrogen-bond acceptors (Lipinski definition) is 0. The van der Waals surface area contributed by atoms with Crippen LogP contribution in [0.25, 0.3) is 11.6 Å². The Bertz CT molecular complexity index is 657. The Morgan fingerprint density at radius 3 is 2.29 bits per heavy atom. The van der Waals surface area contributed by atoms with Gasteiger partial charge >= 0.3 is 0 Å². The van der Waals surface area contributed by atoms with Gasteiger partial charge in [-0.05, 0) is 54.7 Å². The maximum Gasteiger partial charge on any atom is 0.00636 e. The fourth-order valence-corrected chi connectivity index (χ4v) is 2.74. The monoisotopic (exact) mass is 276 g/mol. The molecular formula is C21H24. The minimum atomic E-state index is 0.385. The summed E-state index contributed by atoms with van der Waals surface area (Å²) in [6.45, 7) is 12.6. The average molecular weight is 276 g/mol. The molecule has 0 aliphatic carbocycles. The van der Waals surface area contributed by atoms with E-state index in [9.17, 15) is 0 Å². The van der Waals surface area contributed by atoms with Crippen molar-refractivity contribution in [1.29, 1.82) is 0 Å². The van der Waals surface area contributed by atoms with Gasteiger partial charge in [-0.15, -0.1) is 0 Å². The standard InChI is InChI=1S/C21H24/c1-6-18-14-20(13-10-16(18)4)21(7-2)17(5)19-11-8-15(3)9-12-19/h6-14,17H,1H2,2-5H3. The molecule has 0 spiro atoms. The molecule has 1 unspecified atom stereocenters. The summed E-state index contributed by atoms with van der Waals surface area (Å²) in [5.41, 5.74) is 7.79. The van der Waals surface area contributed by atoms with E-state index in [1.807, 2.05) is 6.08 Å². The molecule has 0 saturated carbocycles. The lowest BCUT2D eigenvalue weighted by molar-refractivity contribution is 0.985.